The molecule has 6 nitrogen and oxygen atoms in total. The van der Waals surface area contributed by atoms with Gasteiger partial charge in [0, 0.05) is 49.4 Å². The third kappa shape index (κ3) is 2.83. The fraction of sp³-hybridized carbons (Fsp3) is 0.182. The second-order valence-corrected chi connectivity index (χ2v) is 6.98. The Balaban J connectivity index is 1.72. The maximum atomic E-state index is 12.8. The molecule has 1 aliphatic heterocycles. The molecule has 0 N–H and O–H groups in total. The smallest absolute Gasteiger partial charge is 0.414 e. The zero-order valence-corrected chi connectivity index (χ0v) is 16.1. The van der Waals surface area contributed by atoms with Crippen LogP contribution in [0.4, 0.5) is 4.79 Å². The standard InChI is InChI=1S/C22H20N2O4/c1-13-18(28-22(26)23(2)3)10-9-16-20(25)19(27-21(13)16)11-14-12-24(4)17-8-6-5-7-15(14)17/h5-12H,1-4H3/b19-11+. The van der Waals surface area contributed by atoms with E-state index in [0.29, 0.717) is 22.6 Å². The van der Waals surface area contributed by atoms with Crippen LogP contribution >= 0.6 is 0 Å². The number of carbonyl (C=O) groups is 2. The van der Waals surface area contributed by atoms with Gasteiger partial charge in [-0.1, -0.05) is 18.2 Å². The lowest BCUT2D eigenvalue weighted by molar-refractivity contribution is 0.101. The molecule has 1 amide bonds. The quantitative estimate of drug-likeness (QED) is 0.630. The van der Waals surface area contributed by atoms with Crippen molar-refractivity contribution in [3.05, 3.63) is 65.0 Å². The predicted octanol–water partition coefficient (Wildman–Crippen LogP) is 4.16. The molecule has 0 saturated heterocycles. The highest BCUT2D eigenvalue weighted by molar-refractivity contribution is 6.15. The molecule has 0 atom stereocenters. The lowest BCUT2D eigenvalue weighted by Gasteiger charge is -2.13. The number of nitrogens with zero attached hydrogens (tertiary/aromatic N) is 2. The fourth-order valence-electron chi connectivity index (χ4n) is 3.29. The SMILES string of the molecule is Cc1c(OC(=O)N(C)C)ccc2c1O/C(=C/c1cn(C)c3ccccc13)C2=O. The van der Waals surface area contributed by atoms with E-state index in [9.17, 15) is 9.59 Å². The predicted molar refractivity (Wildman–Crippen MR) is 107 cm³/mol. The van der Waals surface area contributed by atoms with Gasteiger partial charge >= 0.3 is 6.09 Å². The number of ether oxygens (including phenoxy) is 2. The number of rotatable bonds is 2. The summed E-state index contributed by atoms with van der Waals surface area (Å²) in [6.07, 6.45) is 3.24. The molecule has 142 valence electrons. The topological polar surface area (TPSA) is 60.8 Å². The monoisotopic (exact) mass is 376 g/mol. The summed E-state index contributed by atoms with van der Waals surface area (Å²) in [5.41, 5.74) is 3.06. The van der Waals surface area contributed by atoms with Crippen molar-refractivity contribution < 1.29 is 19.1 Å². The minimum atomic E-state index is -0.487. The maximum absolute atomic E-state index is 12.8. The highest BCUT2D eigenvalue weighted by Gasteiger charge is 2.31. The summed E-state index contributed by atoms with van der Waals surface area (Å²) < 4.78 is 13.3. The molecule has 0 saturated carbocycles. The van der Waals surface area contributed by atoms with Crippen molar-refractivity contribution in [3.8, 4) is 11.5 Å². The van der Waals surface area contributed by atoms with Crippen molar-refractivity contribution in [2.75, 3.05) is 14.1 Å². The number of aryl methyl sites for hydroxylation is 1. The largest absolute Gasteiger partial charge is 0.452 e. The maximum Gasteiger partial charge on any atom is 0.414 e. The normalized spacial score (nSPS) is 14.3. The first-order chi connectivity index (χ1) is 13.4. The molecule has 0 spiro atoms. The highest BCUT2D eigenvalue weighted by atomic mass is 16.6. The lowest BCUT2D eigenvalue weighted by atomic mass is 10.1. The van der Waals surface area contributed by atoms with Gasteiger partial charge in [-0.2, -0.15) is 0 Å². The first-order valence-electron chi connectivity index (χ1n) is 8.88. The van der Waals surface area contributed by atoms with Crippen LogP contribution < -0.4 is 9.47 Å². The Hall–Kier alpha value is -3.54. The summed E-state index contributed by atoms with van der Waals surface area (Å²) in [6, 6.07) is 11.2. The van der Waals surface area contributed by atoms with Gasteiger partial charge in [-0.3, -0.25) is 4.79 Å². The number of ketones is 1. The van der Waals surface area contributed by atoms with E-state index < -0.39 is 6.09 Å². The number of allylic oxidation sites excluding steroid dienone is 1. The van der Waals surface area contributed by atoms with Crippen molar-refractivity contribution in [2.24, 2.45) is 7.05 Å². The van der Waals surface area contributed by atoms with Crippen LogP contribution in [0.2, 0.25) is 0 Å². The molecule has 6 heteroatoms. The number of benzene rings is 2. The summed E-state index contributed by atoms with van der Waals surface area (Å²) in [6.45, 7) is 1.77. The summed E-state index contributed by atoms with van der Waals surface area (Å²) in [7, 11) is 5.18. The van der Waals surface area contributed by atoms with Crippen molar-refractivity contribution in [3.63, 3.8) is 0 Å². The Kier molecular flexibility index (Phi) is 4.19. The van der Waals surface area contributed by atoms with Gasteiger partial charge in [0.2, 0.25) is 5.78 Å². The van der Waals surface area contributed by atoms with Crippen LogP contribution in [-0.2, 0) is 7.05 Å². The first kappa shape index (κ1) is 17.9. The van der Waals surface area contributed by atoms with Gasteiger partial charge in [0.1, 0.15) is 11.5 Å². The molecule has 0 fully saturated rings. The molecule has 1 aliphatic rings. The van der Waals surface area contributed by atoms with Gasteiger partial charge in [-0.05, 0) is 31.2 Å². The van der Waals surface area contributed by atoms with E-state index in [0.717, 1.165) is 16.5 Å². The first-order valence-corrected chi connectivity index (χ1v) is 8.88. The number of Topliss-reactive ketones (excluding diaryl/α,β-unsaturated/α-hetero) is 1. The van der Waals surface area contributed by atoms with Crippen LogP contribution in [0.15, 0.2) is 48.4 Å². The van der Waals surface area contributed by atoms with E-state index in [1.54, 1.807) is 39.2 Å². The molecule has 0 aliphatic carbocycles. The van der Waals surface area contributed by atoms with Crippen molar-refractivity contribution in [1.29, 1.82) is 0 Å². The average Bonchev–Trinajstić information content (AvgIpc) is 3.16. The summed E-state index contributed by atoms with van der Waals surface area (Å²) in [5, 5.41) is 1.04. The number of amides is 1. The lowest BCUT2D eigenvalue weighted by Crippen LogP contribution is -2.25. The molecule has 2 aromatic carbocycles. The number of para-hydroxylation sites is 1. The Bertz CT molecular complexity index is 1150. The van der Waals surface area contributed by atoms with Crippen LogP contribution in [0, 0.1) is 6.92 Å². The van der Waals surface area contributed by atoms with Gasteiger partial charge in [-0.25, -0.2) is 4.79 Å². The number of fused-ring (bicyclic) bond motifs is 2. The molecule has 0 unspecified atom stereocenters. The van der Waals surface area contributed by atoms with E-state index in [4.69, 9.17) is 9.47 Å². The minimum absolute atomic E-state index is 0.184. The Morgan fingerprint density at radius 3 is 2.68 bits per heavy atom. The molecule has 0 radical (unpaired) electrons. The minimum Gasteiger partial charge on any atom is -0.452 e. The van der Waals surface area contributed by atoms with E-state index in [-0.39, 0.29) is 11.5 Å². The molecular formula is C22H20N2O4. The van der Waals surface area contributed by atoms with Crippen molar-refractivity contribution in [1.82, 2.24) is 9.47 Å². The van der Waals surface area contributed by atoms with Gasteiger partial charge < -0.3 is 18.9 Å². The highest BCUT2D eigenvalue weighted by Crippen LogP contribution is 2.39. The van der Waals surface area contributed by atoms with E-state index >= 15 is 0 Å². The molecule has 4 rings (SSSR count). The summed E-state index contributed by atoms with van der Waals surface area (Å²) >= 11 is 0. The Morgan fingerprint density at radius 2 is 1.93 bits per heavy atom. The Labute approximate surface area is 162 Å². The number of carbonyl (C=O) groups excluding carboxylic acids is 2. The second-order valence-electron chi connectivity index (χ2n) is 6.98. The zero-order chi connectivity index (χ0) is 20.0. The molecule has 1 aromatic heterocycles. The van der Waals surface area contributed by atoms with E-state index in [1.807, 2.05) is 42.1 Å². The number of hydrogen-bond acceptors (Lipinski definition) is 4. The van der Waals surface area contributed by atoms with Gasteiger partial charge in [-0.15, -0.1) is 0 Å². The Morgan fingerprint density at radius 1 is 1.18 bits per heavy atom. The van der Waals surface area contributed by atoms with Crippen LogP contribution in [-0.4, -0.2) is 35.4 Å². The van der Waals surface area contributed by atoms with Crippen LogP contribution in [0.25, 0.3) is 17.0 Å². The molecule has 0 bridgehead atoms. The van der Waals surface area contributed by atoms with E-state index in [1.165, 1.54) is 4.90 Å². The van der Waals surface area contributed by atoms with Crippen LogP contribution in [0.1, 0.15) is 21.5 Å². The van der Waals surface area contributed by atoms with E-state index in [2.05, 4.69) is 0 Å². The average molecular weight is 376 g/mol. The van der Waals surface area contributed by atoms with Gasteiger partial charge in [0.05, 0.1) is 5.56 Å². The van der Waals surface area contributed by atoms with Gasteiger partial charge in [0.25, 0.3) is 0 Å². The summed E-state index contributed by atoms with van der Waals surface area (Å²) in [5.74, 6) is 0.874. The zero-order valence-electron chi connectivity index (χ0n) is 16.1. The molecule has 3 aromatic rings. The molecular weight excluding hydrogens is 356 g/mol. The third-order valence-electron chi connectivity index (χ3n) is 4.81. The van der Waals surface area contributed by atoms with Crippen molar-refractivity contribution >= 4 is 28.9 Å². The number of aromatic nitrogens is 1. The third-order valence-corrected chi connectivity index (χ3v) is 4.81. The molecule has 28 heavy (non-hydrogen) atoms. The fourth-order valence-corrected chi connectivity index (χ4v) is 3.29. The summed E-state index contributed by atoms with van der Waals surface area (Å²) in [4.78, 5) is 26.0. The van der Waals surface area contributed by atoms with Crippen LogP contribution in [0.5, 0.6) is 11.5 Å². The van der Waals surface area contributed by atoms with Gasteiger partial charge in [0.15, 0.2) is 5.76 Å². The number of hydrogen-bond donors (Lipinski definition) is 0. The molecule has 2 heterocycles. The second kappa shape index (κ2) is 6.56. The van der Waals surface area contributed by atoms with Crippen LogP contribution in [0.3, 0.4) is 0 Å². The van der Waals surface area contributed by atoms with Crippen molar-refractivity contribution in [2.45, 2.75) is 6.92 Å².